The van der Waals surface area contributed by atoms with Gasteiger partial charge in [-0.15, -0.1) is 12.3 Å². The van der Waals surface area contributed by atoms with Gasteiger partial charge in [-0.05, 0) is 48.6 Å². The maximum absolute atomic E-state index is 4.60. The summed E-state index contributed by atoms with van der Waals surface area (Å²) in [7, 11) is 0. The predicted octanol–water partition coefficient (Wildman–Crippen LogP) is 4.03. The molecule has 0 radical (unpaired) electrons. The Morgan fingerprint density at radius 1 is 1.16 bits per heavy atom. The highest BCUT2D eigenvalue weighted by atomic mass is 14.7. The van der Waals surface area contributed by atoms with E-state index in [1.165, 1.54) is 51.1 Å². The number of H-pyrrole nitrogens is 2. The van der Waals surface area contributed by atoms with E-state index in [-0.39, 0.29) is 0 Å². The van der Waals surface area contributed by atoms with Crippen molar-refractivity contribution < 1.29 is 0 Å². The number of rotatable bonds is 4. The Labute approximate surface area is 149 Å². The number of terminal acetylenes is 1. The van der Waals surface area contributed by atoms with E-state index < -0.39 is 0 Å². The highest BCUT2D eigenvalue weighted by Gasteiger charge is 2.12. The van der Waals surface area contributed by atoms with Crippen LogP contribution in [0.2, 0.25) is 0 Å². The molecule has 2 N–H and O–H groups in total. The van der Waals surface area contributed by atoms with Gasteiger partial charge in [-0.25, -0.2) is 0 Å². The summed E-state index contributed by atoms with van der Waals surface area (Å²) in [6.45, 7) is 3.92. The van der Waals surface area contributed by atoms with Crippen molar-refractivity contribution in [2.45, 2.75) is 46.0 Å². The molecular weight excluding hydrogens is 304 g/mol. The zero-order valence-corrected chi connectivity index (χ0v) is 15.2. The molecule has 0 fully saturated rings. The van der Waals surface area contributed by atoms with Crippen molar-refractivity contribution in [3.8, 4) is 12.3 Å². The zero-order valence-electron chi connectivity index (χ0n) is 15.2. The molecule has 0 spiro atoms. The Hall–Kier alpha value is -2.66. The van der Waals surface area contributed by atoms with Crippen LogP contribution >= 0.6 is 0 Å². The van der Waals surface area contributed by atoms with Gasteiger partial charge in [-0.1, -0.05) is 43.7 Å². The second kappa shape index (κ2) is 7.94. The highest BCUT2D eigenvalue weighted by Crippen LogP contribution is 2.21. The fourth-order valence-electron chi connectivity index (χ4n) is 3.63. The average molecular weight is 330 g/mol. The van der Waals surface area contributed by atoms with Gasteiger partial charge in [0.05, 0.1) is 0 Å². The van der Waals surface area contributed by atoms with E-state index >= 15 is 0 Å². The van der Waals surface area contributed by atoms with E-state index in [2.05, 4.69) is 71.8 Å². The lowest BCUT2D eigenvalue weighted by atomic mass is 10.0. The topological polar surface area (TPSA) is 31.6 Å². The monoisotopic (exact) mass is 330 g/mol. The first kappa shape index (κ1) is 17.2. The van der Waals surface area contributed by atoms with Crippen LogP contribution in [0.3, 0.4) is 0 Å². The first-order valence-electron chi connectivity index (χ1n) is 9.10. The summed E-state index contributed by atoms with van der Waals surface area (Å²) in [6.07, 6.45) is 17.2. The van der Waals surface area contributed by atoms with Gasteiger partial charge in [0, 0.05) is 34.6 Å². The molecule has 3 aromatic rings. The Bertz CT molecular complexity index is 1010. The largest absolute Gasteiger partial charge is 0.361 e. The van der Waals surface area contributed by atoms with Gasteiger partial charge in [0.25, 0.3) is 0 Å². The molecule has 128 valence electrons. The Kier molecular flexibility index (Phi) is 5.46. The van der Waals surface area contributed by atoms with Gasteiger partial charge in [-0.2, -0.15) is 0 Å². The second-order valence-electron chi connectivity index (χ2n) is 6.47. The number of hydrogen-bond acceptors (Lipinski definition) is 0. The summed E-state index contributed by atoms with van der Waals surface area (Å²) in [5.41, 5.74) is 5.53. The van der Waals surface area contributed by atoms with Gasteiger partial charge in [-0.3, -0.25) is 0 Å². The van der Waals surface area contributed by atoms with Crippen LogP contribution in [0.15, 0.2) is 30.5 Å². The van der Waals surface area contributed by atoms with Crippen LogP contribution in [-0.4, -0.2) is 9.97 Å². The van der Waals surface area contributed by atoms with Gasteiger partial charge in [0.1, 0.15) is 0 Å². The van der Waals surface area contributed by atoms with Crippen molar-refractivity contribution in [2.24, 2.45) is 0 Å². The molecule has 0 amide bonds. The van der Waals surface area contributed by atoms with Gasteiger partial charge in [0.15, 0.2) is 0 Å². The molecule has 1 aliphatic carbocycles. The molecule has 2 aromatic heterocycles. The van der Waals surface area contributed by atoms with Crippen LogP contribution in [0.4, 0.5) is 0 Å². The molecular formula is C23H26N2. The lowest BCUT2D eigenvalue weighted by Crippen LogP contribution is -2.26. The molecule has 0 bridgehead atoms. The van der Waals surface area contributed by atoms with Crippen molar-refractivity contribution in [3.05, 3.63) is 57.9 Å². The maximum Gasteiger partial charge on any atom is 0.0456 e. The third-order valence-electron chi connectivity index (χ3n) is 4.67. The van der Waals surface area contributed by atoms with Crippen LogP contribution in [-0.2, 0) is 12.8 Å². The Balaban J connectivity index is 0.000000569. The average Bonchev–Trinajstić information content (AvgIpc) is 3.19. The minimum absolute atomic E-state index is 0.980. The van der Waals surface area contributed by atoms with Gasteiger partial charge < -0.3 is 9.97 Å². The number of aromatic nitrogens is 2. The van der Waals surface area contributed by atoms with E-state index in [9.17, 15) is 0 Å². The first-order chi connectivity index (χ1) is 12.3. The number of benzene rings is 1. The molecule has 4 rings (SSSR count). The van der Waals surface area contributed by atoms with E-state index in [0.717, 1.165) is 19.3 Å². The Morgan fingerprint density at radius 3 is 2.72 bits per heavy atom. The summed E-state index contributed by atoms with van der Waals surface area (Å²) in [4.78, 5) is 7.08. The first-order valence-corrected chi connectivity index (χ1v) is 9.10. The zero-order chi connectivity index (χ0) is 17.6. The standard InChI is InChI=1S/C20H22N2.C3H4/c1-2-7-16-17-9-4-6-11-19(17)22-20(16)12-14-13-21-18-10-5-3-8-15(14)18;1-3-2/h3,5,8-11,13,21-22H,2,4,6-7,12H2,1H3;1H,2H3. The van der Waals surface area contributed by atoms with E-state index in [0.29, 0.717) is 0 Å². The molecule has 0 saturated carbocycles. The van der Waals surface area contributed by atoms with Crippen LogP contribution < -0.4 is 10.6 Å². The summed E-state index contributed by atoms with van der Waals surface area (Å²) >= 11 is 0. The predicted molar refractivity (Wildman–Crippen MR) is 108 cm³/mol. The van der Waals surface area contributed by atoms with Gasteiger partial charge in [0.2, 0.25) is 0 Å². The normalized spacial score (nSPS) is 12.4. The highest BCUT2D eigenvalue weighted by molar-refractivity contribution is 5.83. The molecule has 0 unspecified atom stereocenters. The van der Waals surface area contributed by atoms with Crippen LogP contribution in [0.5, 0.6) is 0 Å². The summed E-state index contributed by atoms with van der Waals surface area (Å²) in [5, 5.41) is 4.14. The minimum Gasteiger partial charge on any atom is -0.361 e. The lowest BCUT2D eigenvalue weighted by molar-refractivity contribution is 0.896. The molecule has 1 aliphatic rings. The van der Waals surface area contributed by atoms with Crippen molar-refractivity contribution >= 4 is 23.1 Å². The fourth-order valence-corrected chi connectivity index (χ4v) is 3.63. The molecule has 2 nitrogen and oxygen atoms in total. The molecule has 25 heavy (non-hydrogen) atoms. The van der Waals surface area contributed by atoms with Crippen molar-refractivity contribution in [1.82, 2.24) is 9.97 Å². The van der Waals surface area contributed by atoms with E-state index in [1.807, 2.05) is 0 Å². The van der Waals surface area contributed by atoms with Crippen LogP contribution in [0.1, 0.15) is 49.9 Å². The molecule has 0 saturated heterocycles. The summed E-state index contributed by atoms with van der Waals surface area (Å²) in [5.74, 6) is 2.25. The van der Waals surface area contributed by atoms with E-state index in [1.54, 1.807) is 6.92 Å². The number of fused-ring (bicyclic) bond motifs is 2. The Morgan fingerprint density at radius 2 is 1.92 bits per heavy atom. The minimum atomic E-state index is 0.980. The number of hydrogen-bond donors (Lipinski definition) is 2. The fraction of sp³-hybridized carbons (Fsp3) is 0.304. The second-order valence-corrected chi connectivity index (χ2v) is 6.47. The third kappa shape index (κ3) is 3.56. The van der Waals surface area contributed by atoms with Crippen LogP contribution in [0.25, 0.3) is 23.1 Å². The molecule has 0 aliphatic heterocycles. The smallest absolute Gasteiger partial charge is 0.0456 e. The quantitative estimate of drug-likeness (QED) is 0.677. The number of aromatic amines is 2. The maximum atomic E-state index is 4.60. The lowest BCUT2D eigenvalue weighted by Gasteiger charge is -2.03. The van der Waals surface area contributed by atoms with Gasteiger partial charge >= 0.3 is 0 Å². The summed E-state index contributed by atoms with van der Waals surface area (Å²) in [6, 6.07) is 8.56. The molecule has 2 heterocycles. The van der Waals surface area contributed by atoms with Crippen molar-refractivity contribution in [3.63, 3.8) is 0 Å². The summed E-state index contributed by atoms with van der Waals surface area (Å²) < 4.78 is 0. The van der Waals surface area contributed by atoms with Crippen molar-refractivity contribution in [1.29, 1.82) is 0 Å². The van der Waals surface area contributed by atoms with Crippen molar-refractivity contribution in [2.75, 3.05) is 0 Å². The third-order valence-corrected chi connectivity index (χ3v) is 4.67. The SMILES string of the molecule is C#CC.CCCc1c(Cc2c[nH]c3ccccc23)[nH]c2c1=CCCC=2. The van der Waals surface area contributed by atoms with E-state index in [4.69, 9.17) is 0 Å². The molecule has 0 atom stereocenters. The number of para-hydroxylation sites is 1. The molecule has 1 aromatic carbocycles. The molecule has 2 heteroatoms. The number of nitrogens with one attached hydrogen (secondary N) is 2. The van der Waals surface area contributed by atoms with Crippen LogP contribution in [0, 0.1) is 12.3 Å².